The van der Waals surface area contributed by atoms with Crippen molar-refractivity contribution >= 4 is 11.6 Å². The lowest BCUT2D eigenvalue weighted by Gasteiger charge is -2.32. The van der Waals surface area contributed by atoms with Gasteiger partial charge in [0.05, 0.1) is 11.3 Å². The van der Waals surface area contributed by atoms with Gasteiger partial charge < -0.3 is 16.2 Å². The largest absolute Gasteiger partial charge is 0.371 e. The molecule has 0 radical (unpaired) electrons. The lowest BCUT2D eigenvalue weighted by Crippen LogP contribution is -2.39. The van der Waals surface area contributed by atoms with E-state index in [0.717, 1.165) is 25.7 Å². The van der Waals surface area contributed by atoms with E-state index in [2.05, 4.69) is 10.3 Å². The molecule has 0 bridgehead atoms. The van der Waals surface area contributed by atoms with Crippen LogP contribution in [0.25, 0.3) is 0 Å². The highest BCUT2D eigenvalue weighted by Crippen LogP contribution is 2.28. The van der Waals surface area contributed by atoms with E-state index in [4.69, 9.17) is 5.73 Å². The standard InChI is InChI=1S/C14H21N3O2/c15-13(18)11-10-16-9-6-12(11)17-14(19)7-4-2-1-3-5-8-14/h6,9-10,19H,1-5,7-8H2,(H2,15,18)(H,16,17). The third-order valence-electron chi connectivity index (χ3n) is 3.63. The first kappa shape index (κ1) is 13.8. The number of nitrogens with zero attached hydrogens (tertiary/aromatic N) is 1. The number of nitrogens with one attached hydrogen (secondary N) is 1. The van der Waals surface area contributed by atoms with Crippen LogP contribution in [0.4, 0.5) is 5.69 Å². The number of anilines is 1. The fraction of sp³-hybridized carbons (Fsp3) is 0.571. The maximum Gasteiger partial charge on any atom is 0.252 e. The van der Waals surface area contributed by atoms with Crippen molar-refractivity contribution in [3.05, 3.63) is 24.0 Å². The Balaban J connectivity index is 2.16. The summed E-state index contributed by atoms with van der Waals surface area (Å²) >= 11 is 0. The summed E-state index contributed by atoms with van der Waals surface area (Å²) in [4.78, 5) is 15.2. The summed E-state index contributed by atoms with van der Waals surface area (Å²) in [5.41, 5.74) is 5.24. The van der Waals surface area contributed by atoms with E-state index in [0.29, 0.717) is 24.1 Å². The molecular weight excluding hydrogens is 242 g/mol. The zero-order valence-electron chi connectivity index (χ0n) is 11.1. The number of pyridine rings is 1. The Morgan fingerprint density at radius 1 is 1.26 bits per heavy atom. The molecule has 0 saturated heterocycles. The smallest absolute Gasteiger partial charge is 0.252 e. The quantitative estimate of drug-likeness (QED) is 0.728. The molecule has 5 nitrogen and oxygen atoms in total. The Morgan fingerprint density at radius 3 is 2.53 bits per heavy atom. The zero-order chi connectivity index (χ0) is 13.7. The van der Waals surface area contributed by atoms with Gasteiger partial charge in [-0.05, 0) is 31.7 Å². The molecule has 104 valence electrons. The summed E-state index contributed by atoms with van der Waals surface area (Å²) < 4.78 is 0. The van der Waals surface area contributed by atoms with Crippen molar-refractivity contribution in [2.45, 2.75) is 50.7 Å². The highest BCUT2D eigenvalue weighted by Gasteiger charge is 2.28. The number of hydrogen-bond donors (Lipinski definition) is 3. The van der Waals surface area contributed by atoms with E-state index in [1.54, 1.807) is 12.3 Å². The molecular formula is C14H21N3O2. The van der Waals surface area contributed by atoms with Crippen LogP contribution in [0.1, 0.15) is 55.3 Å². The first-order chi connectivity index (χ1) is 9.11. The molecule has 1 saturated carbocycles. The van der Waals surface area contributed by atoms with Crippen molar-refractivity contribution in [2.75, 3.05) is 5.32 Å². The molecule has 2 rings (SSSR count). The van der Waals surface area contributed by atoms with Crippen molar-refractivity contribution in [2.24, 2.45) is 5.73 Å². The van der Waals surface area contributed by atoms with Crippen molar-refractivity contribution in [1.29, 1.82) is 0 Å². The van der Waals surface area contributed by atoms with Gasteiger partial charge in [-0.2, -0.15) is 0 Å². The SMILES string of the molecule is NC(=O)c1cnccc1NC1(O)CCCCCCC1. The summed E-state index contributed by atoms with van der Waals surface area (Å²) in [7, 11) is 0. The van der Waals surface area contributed by atoms with E-state index in [1.165, 1.54) is 12.6 Å². The van der Waals surface area contributed by atoms with E-state index < -0.39 is 11.6 Å². The van der Waals surface area contributed by atoms with Gasteiger partial charge in [0.25, 0.3) is 5.91 Å². The van der Waals surface area contributed by atoms with E-state index in [-0.39, 0.29) is 0 Å². The monoisotopic (exact) mass is 263 g/mol. The van der Waals surface area contributed by atoms with Crippen LogP contribution in [0.5, 0.6) is 0 Å². The van der Waals surface area contributed by atoms with Gasteiger partial charge in [-0.3, -0.25) is 9.78 Å². The molecule has 19 heavy (non-hydrogen) atoms. The number of aromatic nitrogens is 1. The highest BCUT2D eigenvalue weighted by molar-refractivity contribution is 5.98. The molecule has 4 N–H and O–H groups in total. The molecule has 1 aliphatic carbocycles. The Kier molecular flexibility index (Phi) is 4.37. The number of hydrogen-bond acceptors (Lipinski definition) is 4. The molecule has 0 atom stereocenters. The Labute approximate surface area is 113 Å². The van der Waals surface area contributed by atoms with Crippen LogP contribution in [0.15, 0.2) is 18.5 Å². The summed E-state index contributed by atoms with van der Waals surface area (Å²) in [6.45, 7) is 0. The number of primary amides is 1. The predicted molar refractivity (Wildman–Crippen MR) is 73.6 cm³/mol. The number of amides is 1. The second kappa shape index (κ2) is 6.02. The molecule has 5 heteroatoms. The number of nitrogens with two attached hydrogens (primary N) is 1. The second-order valence-corrected chi connectivity index (χ2v) is 5.21. The van der Waals surface area contributed by atoms with Gasteiger partial charge in [-0.25, -0.2) is 0 Å². The summed E-state index contributed by atoms with van der Waals surface area (Å²) in [6, 6.07) is 1.68. The molecule has 1 heterocycles. The molecule has 1 fully saturated rings. The van der Waals surface area contributed by atoms with Crippen molar-refractivity contribution in [1.82, 2.24) is 4.98 Å². The highest BCUT2D eigenvalue weighted by atomic mass is 16.3. The van der Waals surface area contributed by atoms with Crippen LogP contribution in [0.2, 0.25) is 0 Å². The first-order valence-electron chi connectivity index (χ1n) is 6.85. The van der Waals surface area contributed by atoms with Gasteiger partial charge >= 0.3 is 0 Å². The number of carbonyl (C=O) groups is 1. The first-order valence-corrected chi connectivity index (χ1v) is 6.85. The molecule has 0 unspecified atom stereocenters. The fourth-order valence-corrected chi connectivity index (χ4v) is 2.57. The van der Waals surface area contributed by atoms with E-state index in [9.17, 15) is 9.90 Å². The van der Waals surface area contributed by atoms with Gasteiger partial charge in [-0.1, -0.05) is 19.3 Å². The average Bonchev–Trinajstić information content (AvgIpc) is 2.35. The van der Waals surface area contributed by atoms with Crippen LogP contribution < -0.4 is 11.1 Å². The minimum Gasteiger partial charge on any atom is -0.371 e. The molecule has 1 aliphatic rings. The molecule has 1 aromatic heterocycles. The van der Waals surface area contributed by atoms with Crippen LogP contribution in [-0.2, 0) is 0 Å². The van der Waals surface area contributed by atoms with Crippen LogP contribution in [0, 0.1) is 0 Å². The maximum atomic E-state index is 11.4. The van der Waals surface area contributed by atoms with Gasteiger partial charge in [-0.15, -0.1) is 0 Å². The van der Waals surface area contributed by atoms with Crippen molar-refractivity contribution in [3.63, 3.8) is 0 Å². The van der Waals surface area contributed by atoms with Crippen LogP contribution in [0.3, 0.4) is 0 Å². The normalized spacial score (nSPS) is 19.2. The number of aliphatic hydroxyl groups is 1. The maximum absolute atomic E-state index is 11.4. The molecule has 0 aliphatic heterocycles. The molecule has 0 aromatic carbocycles. The minimum atomic E-state index is -0.952. The summed E-state index contributed by atoms with van der Waals surface area (Å²) in [6.07, 6.45) is 9.88. The molecule has 0 spiro atoms. The summed E-state index contributed by atoms with van der Waals surface area (Å²) in [5.74, 6) is -0.537. The topological polar surface area (TPSA) is 88.2 Å². The zero-order valence-corrected chi connectivity index (χ0v) is 11.1. The van der Waals surface area contributed by atoms with Crippen LogP contribution in [-0.4, -0.2) is 21.7 Å². The van der Waals surface area contributed by atoms with Gasteiger partial charge in [0.15, 0.2) is 0 Å². The lowest BCUT2D eigenvalue weighted by atomic mass is 9.93. The van der Waals surface area contributed by atoms with Crippen LogP contribution >= 0.6 is 0 Å². The van der Waals surface area contributed by atoms with E-state index >= 15 is 0 Å². The third-order valence-corrected chi connectivity index (χ3v) is 3.63. The average molecular weight is 263 g/mol. The fourth-order valence-electron chi connectivity index (χ4n) is 2.57. The second-order valence-electron chi connectivity index (χ2n) is 5.21. The van der Waals surface area contributed by atoms with Crippen molar-refractivity contribution < 1.29 is 9.90 Å². The Bertz CT molecular complexity index is 440. The molecule has 1 aromatic rings. The number of carbonyl (C=O) groups excluding carboxylic acids is 1. The Morgan fingerprint density at radius 2 is 1.89 bits per heavy atom. The van der Waals surface area contributed by atoms with E-state index in [1.807, 2.05) is 0 Å². The summed E-state index contributed by atoms with van der Waals surface area (Å²) in [5, 5.41) is 13.7. The number of rotatable bonds is 3. The molecule has 1 amide bonds. The van der Waals surface area contributed by atoms with Gasteiger partial charge in [0.1, 0.15) is 5.72 Å². The predicted octanol–water partition coefficient (Wildman–Crippen LogP) is 2.03. The van der Waals surface area contributed by atoms with Crippen molar-refractivity contribution in [3.8, 4) is 0 Å². The third kappa shape index (κ3) is 3.67. The minimum absolute atomic E-state index is 0.318. The lowest BCUT2D eigenvalue weighted by molar-refractivity contribution is 0.0420. The van der Waals surface area contributed by atoms with Gasteiger partial charge in [0, 0.05) is 12.4 Å². The Hall–Kier alpha value is -1.62. The van der Waals surface area contributed by atoms with Gasteiger partial charge in [0.2, 0.25) is 0 Å².